The molecule has 2 N–H and O–H groups in total. The largest absolute Gasteiger partial charge is 0.378 e. The molecule has 0 unspecified atom stereocenters. The lowest BCUT2D eigenvalue weighted by atomic mass is 10.0. The van der Waals surface area contributed by atoms with Crippen molar-refractivity contribution < 1.29 is 19.1 Å². The summed E-state index contributed by atoms with van der Waals surface area (Å²) in [5.74, 6) is 0.715. The molecule has 212 valence electrons. The fourth-order valence-corrected chi connectivity index (χ4v) is 4.91. The Labute approximate surface area is 235 Å². The molecule has 0 bridgehead atoms. The third kappa shape index (κ3) is 7.00. The molecule has 1 aromatic heterocycles. The summed E-state index contributed by atoms with van der Waals surface area (Å²) in [6.07, 6.45) is 5.98. The van der Waals surface area contributed by atoms with E-state index >= 15 is 0 Å². The minimum absolute atomic E-state index is 0.0316. The number of hydrogen-bond acceptors (Lipinski definition) is 8. The predicted octanol–water partition coefficient (Wildman–Crippen LogP) is 2.87. The van der Waals surface area contributed by atoms with Crippen molar-refractivity contribution in [3.8, 4) is 0 Å². The third-order valence-corrected chi connectivity index (χ3v) is 6.82. The zero-order valence-corrected chi connectivity index (χ0v) is 23.6. The fourth-order valence-electron chi connectivity index (χ4n) is 4.91. The number of pyridine rings is 1. The standard InChI is InChI=1S/C30H38N6O4/c1-30(2,3)40-25-19-36(20-25)28(37)15-21-6-5-7-22(14-21)26-16-24(18-34(4)33-26)32-27-9-8-23(17-31-27)29(38)35-10-12-39-13-11-35/h5-9,14,16-18,25,33H,10-13,15,19-20H2,1-4H3,(H,31,32). The molecule has 40 heavy (non-hydrogen) atoms. The SMILES string of the molecule is CN1C=C(Nc2ccc(C(=O)N3CCOCC3)cn2)C=C(c2cccc(CC(=O)N3CC(OC(C)(C)C)C3)c2)N1. The number of aromatic nitrogens is 1. The van der Waals surface area contributed by atoms with Gasteiger partial charge < -0.3 is 24.6 Å². The summed E-state index contributed by atoms with van der Waals surface area (Å²) in [7, 11) is 1.92. The maximum absolute atomic E-state index is 12.8. The van der Waals surface area contributed by atoms with Gasteiger partial charge in [0, 0.05) is 45.6 Å². The second kappa shape index (κ2) is 11.7. The van der Waals surface area contributed by atoms with Crippen molar-refractivity contribution in [1.82, 2.24) is 25.2 Å². The van der Waals surface area contributed by atoms with Crippen LogP contribution in [0.15, 0.2) is 60.6 Å². The van der Waals surface area contributed by atoms with Crippen LogP contribution in [0.2, 0.25) is 0 Å². The highest BCUT2D eigenvalue weighted by molar-refractivity contribution is 5.94. The molecular weight excluding hydrogens is 508 g/mol. The van der Waals surface area contributed by atoms with Gasteiger partial charge in [0.1, 0.15) is 5.82 Å². The second-order valence-corrected chi connectivity index (χ2v) is 11.4. The number of carbonyl (C=O) groups is 2. The van der Waals surface area contributed by atoms with Crippen LogP contribution >= 0.6 is 0 Å². The van der Waals surface area contributed by atoms with Gasteiger partial charge in [0.05, 0.1) is 48.3 Å². The van der Waals surface area contributed by atoms with E-state index in [1.165, 1.54) is 0 Å². The number of nitrogens with one attached hydrogen (secondary N) is 2. The summed E-state index contributed by atoms with van der Waals surface area (Å²) >= 11 is 0. The molecule has 3 aliphatic heterocycles. The Bertz CT molecular complexity index is 1290. The molecule has 5 rings (SSSR count). The first-order valence-electron chi connectivity index (χ1n) is 13.7. The van der Waals surface area contributed by atoms with Crippen LogP contribution in [-0.2, 0) is 20.7 Å². The smallest absolute Gasteiger partial charge is 0.255 e. The quantitative estimate of drug-likeness (QED) is 0.547. The van der Waals surface area contributed by atoms with E-state index in [0.717, 1.165) is 22.5 Å². The van der Waals surface area contributed by atoms with Gasteiger partial charge in [-0.05, 0) is 56.2 Å². The molecule has 3 aliphatic rings. The van der Waals surface area contributed by atoms with Gasteiger partial charge in [0.2, 0.25) is 5.91 Å². The van der Waals surface area contributed by atoms with Gasteiger partial charge >= 0.3 is 0 Å². The Balaban J connectivity index is 1.20. The molecule has 0 spiro atoms. The number of benzene rings is 1. The number of anilines is 1. The number of hydrogen-bond donors (Lipinski definition) is 2. The van der Waals surface area contributed by atoms with Gasteiger partial charge in [-0.25, -0.2) is 4.98 Å². The van der Waals surface area contributed by atoms with Crippen LogP contribution in [0.3, 0.4) is 0 Å². The van der Waals surface area contributed by atoms with E-state index in [9.17, 15) is 9.59 Å². The van der Waals surface area contributed by atoms with Gasteiger partial charge in [-0.3, -0.25) is 20.0 Å². The molecule has 2 amide bonds. The van der Waals surface area contributed by atoms with Gasteiger partial charge in [-0.2, -0.15) is 0 Å². The molecule has 0 aliphatic carbocycles. The van der Waals surface area contributed by atoms with E-state index in [4.69, 9.17) is 9.47 Å². The second-order valence-electron chi connectivity index (χ2n) is 11.4. The van der Waals surface area contributed by atoms with Crippen LogP contribution < -0.4 is 10.7 Å². The molecule has 2 saturated heterocycles. The molecule has 4 heterocycles. The lowest BCUT2D eigenvalue weighted by Crippen LogP contribution is -2.56. The Hall–Kier alpha value is -3.89. The average molecular weight is 547 g/mol. The number of morpholine rings is 1. The first-order chi connectivity index (χ1) is 19.1. The van der Waals surface area contributed by atoms with Crippen molar-refractivity contribution in [3.05, 3.63) is 77.3 Å². The highest BCUT2D eigenvalue weighted by Crippen LogP contribution is 2.23. The summed E-state index contributed by atoms with van der Waals surface area (Å²) in [6, 6.07) is 11.6. The van der Waals surface area contributed by atoms with E-state index in [0.29, 0.717) is 57.2 Å². The third-order valence-electron chi connectivity index (χ3n) is 6.82. The Morgan fingerprint density at radius 1 is 1.12 bits per heavy atom. The first kappa shape index (κ1) is 27.7. The number of rotatable bonds is 7. The minimum Gasteiger partial charge on any atom is -0.378 e. The zero-order valence-electron chi connectivity index (χ0n) is 23.6. The van der Waals surface area contributed by atoms with E-state index in [1.807, 2.05) is 80.3 Å². The molecule has 1 aromatic carbocycles. The van der Waals surface area contributed by atoms with Crippen molar-refractivity contribution >= 4 is 23.3 Å². The maximum atomic E-state index is 12.8. The molecule has 2 fully saturated rings. The molecule has 0 saturated carbocycles. The van der Waals surface area contributed by atoms with Gasteiger partial charge in [-0.1, -0.05) is 18.2 Å². The van der Waals surface area contributed by atoms with Crippen molar-refractivity contribution in [2.45, 2.75) is 38.9 Å². The molecule has 2 aromatic rings. The van der Waals surface area contributed by atoms with Crippen LogP contribution in [0.1, 0.15) is 42.3 Å². The topological polar surface area (TPSA) is 99.3 Å². The Morgan fingerprint density at radius 3 is 2.60 bits per heavy atom. The van der Waals surface area contributed by atoms with Gasteiger partial charge in [0.15, 0.2) is 0 Å². The lowest BCUT2D eigenvalue weighted by molar-refractivity contribution is -0.156. The predicted molar refractivity (Wildman–Crippen MR) is 153 cm³/mol. The van der Waals surface area contributed by atoms with Crippen molar-refractivity contribution in [2.75, 3.05) is 51.8 Å². The highest BCUT2D eigenvalue weighted by Gasteiger charge is 2.33. The molecule has 0 atom stereocenters. The summed E-state index contributed by atoms with van der Waals surface area (Å²) in [6.45, 7) is 9.71. The minimum atomic E-state index is -0.203. The maximum Gasteiger partial charge on any atom is 0.255 e. The van der Waals surface area contributed by atoms with Gasteiger partial charge in [0.25, 0.3) is 5.91 Å². The highest BCUT2D eigenvalue weighted by atomic mass is 16.5. The van der Waals surface area contributed by atoms with E-state index in [-0.39, 0.29) is 23.5 Å². The summed E-state index contributed by atoms with van der Waals surface area (Å²) in [5, 5.41) is 5.19. The number of amides is 2. The van der Waals surface area contributed by atoms with Crippen molar-refractivity contribution in [2.24, 2.45) is 0 Å². The Kier molecular flexibility index (Phi) is 8.09. The molecule has 10 nitrogen and oxygen atoms in total. The molecule has 0 radical (unpaired) electrons. The molecule has 10 heteroatoms. The van der Waals surface area contributed by atoms with Crippen LogP contribution in [0.4, 0.5) is 5.82 Å². The number of carbonyl (C=O) groups excluding carboxylic acids is 2. The normalized spacial score (nSPS) is 17.9. The average Bonchev–Trinajstić information content (AvgIpc) is 2.90. The van der Waals surface area contributed by atoms with Gasteiger partial charge in [-0.15, -0.1) is 0 Å². The Morgan fingerprint density at radius 2 is 1.90 bits per heavy atom. The lowest BCUT2D eigenvalue weighted by Gasteiger charge is -2.42. The van der Waals surface area contributed by atoms with E-state index < -0.39 is 0 Å². The van der Waals surface area contributed by atoms with Crippen molar-refractivity contribution in [1.29, 1.82) is 0 Å². The summed E-state index contributed by atoms with van der Waals surface area (Å²) in [4.78, 5) is 33.6. The van der Waals surface area contributed by atoms with Crippen LogP contribution in [0, 0.1) is 0 Å². The van der Waals surface area contributed by atoms with Crippen LogP contribution in [-0.4, -0.2) is 89.8 Å². The summed E-state index contributed by atoms with van der Waals surface area (Å²) < 4.78 is 11.3. The fraction of sp³-hybridized carbons (Fsp3) is 0.433. The van der Waals surface area contributed by atoms with E-state index in [2.05, 4.69) is 15.7 Å². The van der Waals surface area contributed by atoms with E-state index in [1.54, 1.807) is 17.2 Å². The number of hydrazine groups is 1. The zero-order chi connectivity index (χ0) is 28.3. The monoisotopic (exact) mass is 546 g/mol. The number of ether oxygens (including phenoxy) is 2. The number of allylic oxidation sites excluding steroid dienone is 1. The summed E-state index contributed by atoms with van der Waals surface area (Å²) in [5.41, 5.74) is 7.36. The first-order valence-corrected chi connectivity index (χ1v) is 13.7. The van der Waals surface area contributed by atoms with Crippen molar-refractivity contribution in [3.63, 3.8) is 0 Å². The van der Waals surface area contributed by atoms with Crippen LogP contribution in [0.5, 0.6) is 0 Å². The number of likely N-dealkylation sites (tertiary alicyclic amines) is 1. The number of nitrogens with zero attached hydrogens (tertiary/aromatic N) is 4. The van der Waals surface area contributed by atoms with Crippen LogP contribution in [0.25, 0.3) is 5.70 Å². The molecular formula is C30H38N6O4.